The Morgan fingerprint density at radius 2 is 2.05 bits per heavy atom. The van der Waals surface area contributed by atoms with E-state index in [4.69, 9.17) is 21.0 Å². The number of carbonyl (C=O) groups excluding carboxylic acids is 1. The molecule has 1 amide bonds. The fraction of sp³-hybridized carbons (Fsp3) is 0.500. The van der Waals surface area contributed by atoms with Gasteiger partial charge in [-0.15, -0.1) is 16.0 Å². The number of rotatable bonds is 11. The lowest BCUT2D eigenvalue weighted by molar-refractivity contribution is -0.795. The zero-order valence-corrected chi connectivity index (χ0v) is 26.3. The summed E-state index contributed by atoms with van der Waals surface area (Å²) in [5.41, 5.74) is 13.3. The molecule has 13 nitrogen and oxygen atoms in total. The summed E-state index contributed by atoms with van der Waals surface area (Å²) in [7, 11) is 2.02. The number of thiazole rings is 1. The molecule has 1 aliphatic heterocycles. The van der Waals surface area contributed by atoms with Crippen LogP contribution in [0, 0.1) is 0 Å². The highest BCUT2D eigenvalue weighted by molar-refractivity contribution is 7.13. The monoisotopic (exact) mass is 625 g/mol. The van der Waals surface area contributed by atoms with Crippen molar-refractivity contribution in [2.45, 2.75) is 76.2 Å². The molecule has 0 radical (unpaired) electrons. The van der Waals surface area contributed by atoms with Gasteiger partial charge in [0.1, 0.15) is 23.6 Å². The van der Waals surface area contributed by atoms with Gasteiger partial charge in [0.25, 0.3) is 12.0 Å². The van der Waals surface area contributed by atoms with Gasteiger partial charge in [-0.3, -0.25) is 4.79 Å². The Kier molecular flexibility index (Phi) is 8.84. The number of carboxylic acids is 1. The molecule has 2 atom stereocenters. The fourth-order valence-electron chi connectivity index (χ4n) is 6.22. The number of carbonyl (C=O) groups is 2. The Bertz CT molecular complexity index is 1590. The third-order valence-corrected chi connectivity index (χ3v) is 9.36. The van der Waals surface area contributed by atoms with Gasteiger partial charge < -0.3 is 36.4 Å². The lowest BCUT2D eigenvalue weighted by atomic mass is 9.80. The van der Waals surface area contributed by atoms with Gasteiger partial charge >= 0.3 is 5.97 Å². The molecule has 0 spiro atoms. The van der Waals surface area contributed by atoms with Gasteiger partial charge in [0.2, 0.25) is 6.20 Å². The number of aryl methyl sites for hydroxylation is 1. The molecule has 5 rings (SSSR count). The van der Waals surface area contributed by atoms with E-state index >= 15 is 0 Å². The summed E-state index contributed by atoms with van der Waals surface area (Å²) in [6.07, 6.45) is 4.63. The number of fused-ring (bicyclic) bond motifs is 1. The Morgan fingerprint density at radius 3 is 2.66 bits per heavy atom. The Morgan fingerprint density at radius 1 is 1.32 bits per heavy atom. The molecule has 14 heteroatoms. The first-order valence-electron chi connectivity index (χ1n) is 14.7. The second kappa shape index (κ2) is 12.4. The predicted molar refractivity (Wildman–Crippen MR) is 167 cm³/mol. The van der Waals surface area contributed by atoms with Crippen molar-refractivity contribution >= 4 is 45.0 Å². The molecule has 6 N–H and O–H groups in total. The Labute approximate surface area is 260 Å². The quantitative estimate of drug-likeness (QED) is 0.142. The number of nitrogens with one attached hydrogen (secondary N) is 1. The molecule has 1 saturated carbocycles. The van der Waals surface area contributed by atoms with Crippen LogP contribution in [0.1, 0.15) is 58.2 Å². The normalized spacial score (nSPS) is 22.4. The van der Waals surface area contributed by atoms with E-state index in [2.05, 4.69) is 42.5 Å². The Hall–Kier alpha value is -4.17. The molecule has 3 heterocycles. The van der Waals surface area contributed by atoms with E-state index in [1.165, 1.54) is 0 Å². The van der Waals surface area contributed by atoms with Crippen molar-refractivity contribution < 1.29 is 29.0 Å². The maximum Gasteiger partial charge on any atom is 0.351 e. The van der Waals surface area contributed by atoms with Crippen LogP contribution in [0.15, 0.2) is 47.2 Å². The average Bonchev–Trinajstić information content (AvgIpc) is 3.56. The molecule has 3 aromatic rings. The van der Waals surface area contributed by atoms with Crippen molar-refractivity contribution in [2.24, 2.45) is 17.9 Å². The van der Waals surface area contributed by atoms with E-state index in [1.807, 2.05) is 40.0 Å². The number of carboxylic acid groups (broad SMARTS) is 1. The standard InChI is InChI=1S/C30H40N8O5S/c1-6-37-17(2)26(30(37,3)4)34-27(39)25(22-16-44-29(32)33-22)35-43-24(28(40)41)15-42-21-11-12-23-18(13-21)14-38(36(23)5)20-9-7-19(31)8-10-20/h11-14,16,19-20,24,26H,2,6-10,15,31H2,1,3-5H3,(H3-,32,33,34,39,40,41)/p+1/b35-25-/t19?,20?,24-,26+/m0/s1. The minimum absolute atomic E-state index is 0.174. The number of nitrogens with two attached hydrogens (primary N) is 2. The van der Waals surface area contributed by atoms with Crippen LogP contribution >= 0.6 is 11.3 Å². The van der Waals surface area contributed by atoms with Crippen LogP contribution in [0.2, 0.25) is 0 Å². The number of anilines is 1. The van der Waals surface area contributed by atoms with Crippen molar-refractivity contribution in [1.82, 2.24) is 19.9 Å². The molecule has 0 bridgehead atoms. The number of nitrogen functional groups attached to an aromatic ring is 1. The number of hydrogen-bond donors (Lipinski definition) is 4. The maximum atomic E-state index is 13.4. The molecule has 1 aliphatic carbocycles. The second-order valence-electron chi connectivity index (χ2n) is 11.9. The van der Waals surface area contributed by atoms with Crippen LogP contribution in [0.25, 0.3) is 10.9 Å². The maximum absolute atomic E-state index is 13.4. The van der Waals surface area contributed by atoms with Crippen molar-refractivity contribution in [3.05, 3.63) is 47.7 Å². The minimum Gasteiger partial charge on any atom is -0.489 e. The zero-order valence-electron chi connectivity index (χ0n) is 25.5. The lowest BCUT2D eigenvalue weighted by Gasteiger charge is -2.57. The van der Waals surface area contributed by atoms with E-state index in [9.17, 15) is 14.7 Å². The van der Waals surface area contributed by atoms with E-state index in [0.29, 0.717) is 11.8 Å². The molecular weight excluding hydrogens is 584 g/mol. The lowest BCUT2D eigenvalue weighted by Crippen LogP contribution is -2.71. The zero-order chi connectivity index (χ0) is 31.8. The SMILES string of the molecule is C=C1[C@@H](NC(=O)/C(=N\O[C@@H](COc2ccc3c(c2)c[n+](C2CCC(N)CC2)n3C)C(=O)O)c2csc(N)n2)C(C)(C)N1CC. The van der Waals surface area contributed by atoms with Crippen LogP contribution in [0.5, 0.6) is 5.75 Å². The summed E-state index contributed by atoms with van der Waals surface area (Å²) in [4.78, 5) is 37.1. The first kappa shape index (κ1) is 31.3. The molecule has 2 aromatic heterocycles. The number of ether oxygens (including phenoxy) is 1. The van der Waals surface area contributed by atoms with Gasteiger partial charge in [0, 0.05) is 36.5 Å². The summed E-state index contributed by atoms with van der Waals surface area (Å²) >= 11 is 1.13. The fourth-order valence-corrected chi connectivity index (χ4v) is 6.77. The average molecular weight is 626 g/mol. The highest BCUT2D eigenvalue weighted by Crippen LogP contribution is 2.38. The van der Waals surface area contributed by atoms with Crippen LogP contribution < -0.4 is 26.2 Å². The van der Waals surface area contributed by atoms with Crippen molar-refractivity contribution in [1.29, 1.82) is 0 Å². The molecule has 44 heavy (non-hydrogen) atoms. The number of nitrogens with zero attached hydrogens (tertiary/aromatic N) is 5. The molecule has 2 fully saturated rings. The van der Waals surface area contributed by atoms with Crippen LogP contribution in [0.3, 0.4) is 0 Å². The number of likely N-dealkylation sites (tertiary alicyclic amines) is 1. The number of hydrogen-bond acceptors (Lipinski definition) is 10. The van der Waals surface area contributed by atoms with E-state index in [-0.39, 0.29) is 40.8 Å². The largest absolute Gasteiger partial charge is 0.489 e. The van der Waals surface area contributed by atoms with Gasteiger partial charge in [-0.2, -0.15) is 4.68 Å². The van der Waals surface area contributed by atoms with Gasteiger partial charge in [-0.1, -0.05) is 11.7 Å². The molecular formula is C30H41N8O5S+. The highest BCUT2D eigenvalue weighted by atomic mass is 32.1. The third kappa shape index (κ3) is 6.09. The highest BCUT2D eigenvalue weighted by Gasteiger charge is 2.49. The van der Waals surface area contributed by atoms with E-state index in [1.54, 1.807) is 11.4 Å². The summed E-state index contributed by atoms with van der Waals surface area (Å²) in [6.45, 7) is 10.5. The van der Waals surface area contributed by atoms with Gasteiger partial charge in [0.15, 0.2) is 16.9 Å². The third-order valence-electron chi connectivity index (χ3n) is 8.68. The van der Waals surface area contributed by atoms with Gasteiger partial charge in [-0.05, 0) is 51.8 Å². The van der Waals surface area contributed by atoms with E-state index < -0.39 is 18.0 Å². The number of aliphatic carboxylic acids is 1. The molecule has 2 aliphatic rings. The van der Waals surface area contributed by atoms with Crippen molar-refractivity contribution in [2.75, 3.05) is 18.9 Å². The summed E-state index contributed by atoms with van der Waals surface area (Å²) in [5.74, 6) is -1.40. The topological polar surface area (TPSA) is 174 Å². The van der Waals surface area contributed by atoms with Gasteiger partial charge in [0.05, 0.1) is 24.0 Å². The number of oxime groups is 1. The molecule has 0 unspecified atom stereocenters. The number of amides is 1. The van der Waals surface area contributed by atoms with Crippen LogP contribution in [0.4, 0.5) is 5.13 Å². The van der Waals surface area contributed by atoms with Crippen molar-refractivity contribution in [3.63, 3.8) is 0 Å². The molecule has 1 saturated heterocycles. The molecule has 236 valence electrons. The van der Waals surface area contributed by atoms with E-state index in [0.717, 1.165) is 60.2 Å². The smallest absolute Gasteiger partial charge is 0.351 e. The second-order valence-corrected chi connectivity index (χ2v) is 12.8. The summed E-state index contributed by atoms with van der Waals surface area (Å²) in [6, 6.07) is 5.88. The number of benzene rings is 1. The first-order valence-corrected chi connectivity index (χ1v) is 15.6. The number of likely N-dealkylation sites (N-methyl/N-ethyl adjacent to an activating group) is 1. The predicted octanol–water partition coefficient (Wildman–Crippen LogP) is 2.31. The molecule has 1 aromatic carbocycles. The summed E-state index contributed by atoms with van der Waals surface area (Å²) in [5, 5.41) is 19.5. The van der Waals surface area contributed by atoms with Crippen molar-refractivity contribution in [3.8, 4) is 5.75 Å². The first-order chi connectivity index (χ1) is 20.9. The summed E-state index contributed by atoms with van der Waals surface area (Å²) < 4.78 is 10.2. The Balaban J connectivity index is 1.29. The van der Waals surface area contributed by atoms with Gasteiger partial charge in [-0.25, -0.2) is 9.78 Å². The van der Waals surface area contributed by atoms with Crippen LogP contribution in [-0.2, 0) is 21.5 Å². The number of aromatic nitrogens is 3. The van der Waals surface area contributed by atoms with Crippen LogP contribution in [-0.4, -0.2) is 74.1 Å². The minimum atomic E-state index is -1.50.